The first-order chi connectivity index (χ1) is 9.31. The van der Waals surface area contributed by atoms with Crippen LogP contribution in [0.1, 0.15) is 0 Å². The Hall–Kier alpha value is -0.383. The van der Waals surface area contributed by atoms with Gasteiger partial charge in [0, 0.05) is 14.7 Å². The Morgan fingerprint density at radius 1 is 1.50 bits per heavy atom. The second-order valence-electron chi connectivity index (χ2n) is 5.84. The quantitative estimate of drug-likeness (QED) is 0.454. The lowest BCUT2D eigenvalue weighted by Crippen LogP contribution is -2.22. The highest BCUT2D eigenvalue weighted by atomic mass is 127. The van der Waals surface area contributed by atoms with Gasteiger partial charge in [-0.3, -0.25) is 4.79 Å². The van der Waals surface area contributed by atoms with Crippen LogP contribution < -0.4 is 5.56 Å². The van der Waals surface area contributed by atoms with E-state index in [2.05, 4.69) is 52.4 Å². The molecule has 0 aromatic carbocycles. The third-order valence-electron chi connectivity index (χ3n) is 2.98. The fourth-order valence-electron chi connectivity index (χ4n) is 1.79. The largest absolute Gasteiger partial charge is 0.361 e. The summed E-state index contributed by atoms with van der Waals surface area (Å²) in [6, 6.07) is 1.10. The summed E-state index contributed by atoms with van der Waals surface area (Å²) >= 11 is 8.35. The summed E-state index contributed by atoms with van der Waals surface area (Å²) < 4.78 is 8.22. The maximum atomic E-state index is 11.8. The lowest BCUT2D eigenvalue weighted by molar-refractivity contribution is 0.0903. The Kier molecular flexibility index (Phi) is 4.93. The number of rotatable bonds is 5. The van der Waals surface area contributed by atoms with E-state index in [1.54, 1.807) is 10.8 Å². The van der Waals surface area contributed by atoms with Gasteiger partial charge < -0.3 is 9.30 Å². The van der Waals surface area contributed by atoms with Gasteiger partial charge in [-0.15, -0.1) is 0 Å². The maximum Gasteiger partial charge on any atom is 0.274 e. The number of halogens is 2. The Balaban J connectivity index is 2.21. The van der Waals surface area contributed by atoms with Crippen molar-refractivity contribution in [1.82, 2.24) is 14.8 Å². The molecule has 110 valence electrons. The van der Waals surface area contributed by atoms with Crippen LogP contribution in [0, 0.1) is 3.57 Å². The van der Waals surface area contributed by atoms with E-state index in [0.29, 0.717) is 29.4 Å². The molecule has 0 amide bonds. The van der Waals surface area contributed by atoms with E-state index in [4.69, 9.17) is 16.3 Å². The summed E-state index contributed by atoms with van der Waals surface area (Å²) in [5, 5.41) is 7.34. The highest BCUT2D eigenvalue weighted by Gasteiger charge is 2.17. The molecule has 0 aliphatic heterocycles. The molecule has 5 nitrogen and oxygen atoms in total. The van der Waals surface area contributed by atoms with Crippen LogP contribution in [0.25, 0.3) is 10.9 Å². The van der Waals surface area contributed by atoms with Gasteiger partial charge in [-0.05, 0) is 28.6 Å². The van der Waals surface area contributed by atoms with Gasteiger partial charge in [0.1, 0.15) is 11.9 Å². The van der Waals surface area contributed by atoms with Crippen molar-refractivity contribution in [1.29, 1.82) is 0 Å². The number of hydrogen-bond acceptors (Lipinski definition) is 3. The zero-order valence-corrected chi connectivity index (χ0v) is 15.6. The number of H-pyrrole nitrogens is 1. The van der Waals surface area contributed by atoms with Gasteiger partial charge in [0.25, 0.3) is 5.56 Å². The summed E-state index contributed by atoms with van der Waals surface area (Å²) in [5.41, 5.74) is 0.478. The first-order valence-corrected chi connectivity index (χ1v) is 11.5. The van der Waals surface area contributed by atoms with E-state index in [1.807, 2.05) is 0 Å². The topological polar surface area (TPSA) is 59.9 Å². The molecular formula is C12H17ClIN3O2Si. The SMILES string of the molecule is C[Si](C)(C)CCOCn1c(Cl)c(I)c2c(=O)[nH]ncc21. The van der Waals surface area contributed by atoms with Crippen molar-refractivity contribution >= 4 is 53.2 Å². The molecular weight excluding hydrogens is 409 g/mol. The van der Waals surface area contributed by atoms with Gasteiger partial charge in [0.2, 0.25) is 0 Å². The number of aromatic amines is 1. The first kappa shape index (κ1) is 16.0. The standard InChI is InChI=1S/C12H17ClIN3O2Si/c1-20(2,3)5-4-19-7-17-8-6-15-16-12(18)9(8)10(14)11(17)13/h6H,4-5,7H2,1-3H3,(H,16,18). The van der Waals surface area contributed by atoms with E-state index in [0.717, 1.165) is 9.61 Å². The van der Waals surface area contributed by atoms with Gasteiger partial charge >= 0.3 is 0 Å². The van der Waals surface area contributed by atoms with E-state index < -0.39 is 8.07 Å². The van der Waals surface area contributed by atoms with Crippen molar-refractivity contribution in [3.63, 3.8) is 0 Å². The summed E-state index contributed by atoms with van der Waals surface area (Å²) in [5.74, 6) is 0. The van der Waals surface area contributed by atoms with Crippen molar-refractivity contribution < 1.29 is 4.74 Å². The molecule has 20 heavy (non-hydrogen) atoms. The van der Waals surface area contributed by atoms with Crippen LogP contribution in [0.15, 0.2) is 11.0 Å². The summed E-state index contributed by atoms with van der Waals surface area (Å²) in [6.45, 7) is 7.97. The number of hydrogen-bond donors (Lipinski definition) is 1. The van der Waals surface area contributed by atoms with Crippen LogP contribution >= 0.6 is 34.2 Å². The van der Waals surface area contributed by atoms with Crippen LogP contribution in [0.2, 0.25) is 30.8 Å². The number of aromatic nitrogens is 3. The van der Waals surface area contributed by atoms with Crippen LogP contribution in [0.5, 0.6) is 0 Å². The smallest absolute Gasteiger partial charge is 0.274 e. The molecule has 2 heterocycles. The number of fused-ring (bicyclic) bond motifs is 1. The highest BCUT2D eigenvalue weighted by Crippen LogP contribution is 2.28. The lowest BCUT2D eigenvalue weighted by Gasteiger charge is -2.16. The molecule has 2 aromatic rings. The number of nitrogens with one attached hydrogen (secondary N) is 1. The minimum Gasteiger partial charge on any atom is -0.361 e. The third-order valence-corrected chi connectivity index (χ3v) is 6.45. The molecule has 2 aromatic heterocycles. The molecule has 0 fully saturated rings. The average Bonchev–Trinajstić information content (AvgIpc) is 2.59. The molecule has 0 unspecified atom stereocenters. The Bertz CT molecular complexity index is 678. The monoisotopic (exact) mass is 425 g/mol. The second kappa shape index (κ2) is 6.16. The molecule has 2 rings (SSSR count). The third kappa shape index (κ3) is 3.44. The van der Waals surface area contributed by atoms with Crippen molar-refractivity contribution in [2.45, 2.75) is 32.4 Å². The van der Waals surface area contributed by atoms with Crippen molar-refractivity contribution in [2.24, 2.45) is 0 Å². The van der Waals surface area contributed by atoms with Crippen LogP contribution in [0.3, 0.4) is 0 Å². The summed E-state index contributed by atoms with van der Waals surface area (Å²) in [7, 11) is -1.10. The lowest BCUT2D eigenvalue weighted by atomic mass is 10.4. The fourth-order valence-corrected chi connectivity index (χ4v) is 3.60. The highest BCUT2D eigenvalue weighted by molar-refractivity contribution is 14.1. The molecule has 0 atom stereocenters. The maximum absolute atomic E-state index is 11.8. The zero-order chi connectivity index (χ0) is 14.9. The van der Waals surface area contributed by atoms with Gasteiger partial charge in [0.15, 0.2) is 0 Å². The Morgan fingerprint density at radius 3 is 2.85 bits per heavy atom. The molecule has 0 saturated carbocycles. The van der Waals surface area contributed by atoms with E-state index in [1.165, 1.54) is 0 Å². The normalized spacial score (nSPS) is 12.2. The van der Waals surface area contributed by atoms with Gasteiger partial charge in [-0.25, -0.2) is 5.10 Å². The molecule has 1 N–H and O–H groups in total. The van der Waals surface area contributed by atoms with Crippen LogP contribution in [-0.4, -0.2) is 29.4 Å². The Labute approximate surface area is 136 Å². The fraction of sp³-hybridized carbons (Fsp3) is 0.500. The van der Waals surface area contributed by atoms with Crippen molar-refractivity contribution in [2.75, 3.05) is 6.61 Å². The molecule has 0 bridgehead atoms. The molecule has 0 aliphatic rings. The molecule has 0 aliphatic carbocycles. The van der Waals surface area contributed by atoms with Gasteiger partial charge in [-0.1, -0.05) is 31.2 Å². The molecule has 0 spiro atoms. The number of ether oxygens (including phenoxy) is 1. The van der Waals surface area contributed by atoms with Crippen LogP contribution in [-0.2, 0) is 11.5 Å². The van der Waals surface area contributed by atoms with Gasteiger partial charge in [0.05, 0.1) is 20.7 Å². The van der Waals surface area contributed by atoms with Crippen molar-refractivity contribution in [3.8, 4) is 0 Å². The minimum absolute atomic E-state index is 0.227. The van der Waals surface area contributed by atoms with Gasteiger partial charge in [-0.2, -0.15) is 5.10 Å². The molecule has 8 heteroatoms. The summed E-state index contributed by atoms with van der Waals surface area (Å²) in [4.78, 5) is 11.8. The molecule has 0 radical (unpaired) electrons. The first-order valence-electron chi connectivity index (χ1n) is 6.30. The van der Waals surface area contributed by atoms with Crippen molar-refractivity contribution in [3.05, 3.63) is 25.3 Å². The van der Waals surface area contributed by atoms with Crippen LogP contribution in [0.4, 0.5) is 0 Å². The van der Waals surface area contributed by atoms with E-state index in [-0.39, 0.29) is 5.56 Å². The van der Waals surface area contributed by atoms with E-state index in [9.17, 15) is 4.79 Å². The molecule has 0 saturated heterocycles. The Morgan fingerprint density at radius 2 is 2.20 bits per heavy atom. The zero-order valence-electron chi connectivity index (χ0n) is 11.7. The predicted molar refractivity (Wildman–Crippen MR) is 92.2 cm³/mol. The second-order valence-corrected chi connectivity index (χ2v) is 12.9. The average molecular weight is 426 g/mol. The summed E-state index contributed by atoms with van der Waals surface area (Å²) in [6.07, 6.45) is 1.60. The van der Waals surface area contributed by atoms with E-state index >= 15 is 0 Å². The number of nitrogens with zero attached hydrogens (tertiary/aromatic N) is 2. The minimum atomic E-state index is -1.10. The predicted octanol–water partition coefficient (Wildman–Crippen LogP) is 3.29.